The van der Waals surface area contributed by atoms with E-state index in [1.54, 1.807) is 18.2 Å². The summed E-state index contributed by atoms with van der Waals surface area (Å²) in [6.07, 6.45) is 0.212. The van der Waals surface area contributed by atoms with Gasteiger partial charge < -0.3 is 15.4 Å². The predicted octanol–water partition coefficient (Wildman–Crippen LogP) is 2.53. The highest BCUT2D eigenvalue weighted by atomic mass is 32.2. The number of thioether (sulfide) groups is 1. The summed E-state index contributed by atoms with van der Waals surface area (Å²) >= 11 is 1.30. The van der Waals surface area contributed by atoms with Gasteiger partial charge >= 0.3 is 5.97 Å². The molecule has 2 rings (SSSR count). The van der Waals surface area contributed by atoms with Gasteiger partial charge in [0.25, 0.3) is 5.91 Å². The van der Waals surface area contributed by atoms with Crippen LogP contribution in [-0.4, -0.2) is 36.7 Å². The number of carbonyl (C=O) groups is 3. The van der Waals surface area contributed by atoms with Gasteiger partial charge in [0.2, 0.25) is 5.91 Å². The van der Waals surface area contributed by atoms with Crippen LogP contribution in [0.15, 0.2) is 59.5 Å². The number of nitrogens with one attached hydrogen (secondary N) is 2. The third-order valence-electron chi connectivity index (χ3n) is 3.68. The van der Waals surface area contributed by atoms with E-state index < -0.39 is 18.5 Å². The van der Waals surface area contributed by atoms with Crippen molar-refractivity contribution in [2.45, 2.75) is 17.7 Å². The summed E-state index contributed by atoms with van der Waals surface area (Å²) in [6, 6.07) is 18.4. The number of ether oxygens (including phenoxy) is 1. The average molecular weight is 411 g/mol. The Kier molecular flexibility index (Phi) is 9.25. The molecule has 0 aromatic heterocycles. The summed E-state index contributed by atoms with van der Waals surface area (Å²) < 4.78 is 4.94. The molecule has 0 saturated carbocycles. The van der Waals surface area contributed by atoms with Gasteiger partial charge in [-0.2, -0.15) is 5.26 Å². The monoisotopic (exact) mass is 411 g/mol. The molecule has 0 radical (unpaired) electrons. The molecule has 2 N–H and O–H groups in total. The molecule has 2 amide bonds. The zero-order valence-corrected chi connectivity index (χ0v) is 16.5. The number of rotatable bonds is 10. The number of nitriles is 1. The molecule has 8 heteroatoms. The second kappa shape index (κ2) is 12.2. The molecule has 0 aliphatic carbocycles. The maximum atomic E-state index is 12.0. The zero-order chi connectivity index (χ0) is 20.9. The molecular formula is C21H21N3O4S. The second-order valence-corrected chi connectivity index (χ2v) is 6.93. The maximum absolute atomic E-state index is 12.0. The van der Waals surface area contributed by atoms with Crippen LogP contribution in [0.3, 0.4) is 0 Å². The smallest absolute Gasteiger partial charge is 0.308 e. The minimum absolute atomic E-state index is 0.0254. The van der Waals surface area contributed by atoms with E-state index >= 15 is 0 Å². The van der Waals surface area contributed by atoms with E-state index in [0.29, 0.717) is 5.69 Å². The summed E-state index contributed by atoms with van der Waals surface area (Å²) in [6.45, 7) is -0.284. The van der Waals surface area contributed by atoms with Crippen molar-refractivity contribution in [1.82, 2.24) is 5.32 Å². The summed E-state index contributed by atoms with van der Waals surface area (Å²) in [5.41, 5.74) is 1.44. The highest BCUT2D eigenvalue weighted by Crippen LogP contribution is 2.26. The first-order chi connectivity index (χ1) is 14.1. The number of esters is 1. The molecule has 0 unspecified atom stereocenters. The van der Waals surface area contributed by atoms with Crippen molar-refractivity contribution in [2.24, 2.45) is 0 Å². The van der Waals surface area contributed by atoms with E-state index in [-0.39, 0.29) is 31.0 Å². The van der Waals surface area contributed by atoms with E-state index in [4.69, 9.17) is 10.00 Å². The molecule has 0 aliphatic rings. The number of para-hydroxylation sites is 1. The van der Waals surface area contributed by atoms with E-state index in [1.807, 2.05) is 42.5 Å². The summed E-state index contributed by atoms with van der Waals surface area (Å²) in [4.78, 5) is 36.3. The number of anilines is 1. The number of benzene rings is 2. The molecule has 0 heterocycles. The molecule has 0 saturated heterocycles. The fourth-order valence-corrected chi connectivity index (χ4v) is 3.03. The average Bonchev–Trinajstić information content (AvgIpc) is 2.72. The quantitative estimate of drug-likeness (QED) is 0.459. The van der Waals surface area contributed by atoms with Gasteiger partial charge in [-0.25, -0.2) is 0 Å². The van der Waals surface area contributed by atoms with Gasteiger partial charge in [0.15, 0.2) is 6.61 Å². The fraction of sp³-hybridized carbons (Fsp3) is 0.238. The van der Waals surface area contributed by atoms with Gasteiger partial charge in [-0.15, -0.1) is 11.8 Å². The SMILES string of the molecule is N#CCSc1ccccc1NC(=O)COC(=O)CCNC(=O)Cc1ccccc1. The maximum Gasteiger partial charge on any atom is 0.308 e. The van der Waals surface area contributed by atoms with Gasteiger partial charge in [-0.05, 0) is 17.7 Å². The van der Waals surface area contributed by atoms with Crippen LogP contribution < -0.4 is 10.6 Å². The van der Waals surface area contributed by atoms with Crippen LogP contribution in [-0.2, 0) is 25.5 Å². The normalized spacial score (nSPS) is 9.90. The molecule has 0 atom stereocenters. The first-order valence-electron chi connectivity index (χ1n) is 8.93. The zero-order valence-electron chi connectivity index (χ0n) is 15.7. The lowest BCUT2D eigenvalue weighted by molar-refractivity contribution is -0.147. The van der Waals surface area contributed by atoms with Crippen LogP contribution in [0.5, 0.6) is 0 Å². The fourth-order valence-electron chi connectivity index (χ4n) is 2.36. The topological polar surface area (TPSA) is 108 Å². The molecule has 150 valence electrons. The van der Waals surface area contributed by atoms with Crippen molar-refractivity contribution < 1.29 is 19.1 Å². The highest BCUT2D eigenvalue weighted by molar-refractivity contribution is 7.99. The third-order valence-corrected chi connectivity index (χ3v) is 4.62. The van der Waals surface area contributed by atoms with Crippen molar-refractivity contribution in [2.75, 3.05) is 24.2 Å². The Morgan fingerprint density at radius 1 is 1.00 bits per heavy atom. The van der Waals surface area contributed by atoms with E-state index in [2.05, 4.69) is 10.6 Å². The van der Waals surface area contributed by atoms with Crippen LogP contribution in [0.25, 0.3) is 0 Å². The molecule has 7 nitrogen and oxygen atoms in total. The Bertz CT molecular complexity index is 881. The standard InChI is InChI=1S/C21H21N3O4S/c22-11-13-29-18-9-5-4-8-17(18)24-20(26)15-28-21(27)10-12-23-19(25)14-16-6-2-1-3-7-16/h1-9H,10,12-15H2,(H,23,25)(H,24,26). The Morgan fingerprint density at radius 2 is 1.72 bits per heavy atom. The van der Waals surface area contributed by atoms with Gasteiger partial charge in [-0.3, -0.25) is 14.4 Å². The number of hydrogen-bond donors (Lipinski definition) is 2. The Labute approximate surface area is 173 Å². The minimum Gasteiger partial charge on any atom is -0.456 e. The van der Waals surface area contributed by atoms with Gasteiger partial charge in [0.1, 0.15) is 0 Å². The Hall–Kier alpha value is -3.31. The summed E-state index contributed by atoms with van der Waals surface area (Å²) in [5.74, 6) is -0.977. The predicted molar refractivity (Wildman–Crippen MR) is 110 cm³/mol. The lowest BCUT2D eigenvalue weighted by Crippen LogP contribution is -2.28. The molecule has 0 spiro atoms. The highest BCUT2D eigenvalue weighted by Gasteiger charge is 2.11. The first-order valence-corrected chi connectivity index (χ1v) is 9.92. The van der Waals surface area contributed by atoms with Crippen molar-refractivity contribution in [1.29, 1.82) is 5.26 Å². The van der Waals surface area contributed by atoms with Crippen molar-refractivity contribution in [3.8, 4) is 6.07 Å². The van der Waals surface area contributed by atoms with Gasteiger partial charge in [0.05, 0.1) is 30.4 Å². The van der Waals surface area contributed by atoms with Crippen LogP contribution >= 0.6 is 11.8 Å². The summed E-state index contributed by atoms with van der Waals surface area (Å²) in [7, 11) is 0. The first kappa shape index (κ1) is 22.0. The van der Waals surface area contributed by atoms with E-state index in [9.17, 15) is 14.4 Å². The Balaban J connectivity index is 1.67. The molecule has 0 fully saturated rings. The minimum atomic E-state index is -0.577. The molecule has 2 aromatic rings. The third kappa shape index (κ3) is 8.49. The Morgan fingerprint density at radius 3 is 2.48 bits per heavy atom. The molecular weight excluding hydrogens is 390 g/mol. The van der Waals surface area contributed by atoms with Crippen LogP contribution in [0.4, 0.5) is 5.69 Å². The van der Waals surface area contributed by atoms with E-state index in [1.165, 1.54) is 11.8 Å². The second-order valence-electron chi connectivity index (χ2n) is 5.91. The van der Waals surface area contributed by atoms with Crippen molar-refractivity contribution in [3.63, 3.8) is 0 Å². The van der Waals surface area contributed by atoms with Gasteiger partial charge in [-0.1, -0.05) is 42.5 Å². The molecule has 0 aliphatic heterocycles. The largest absolute Gasteiger partial charge is 0.456 e. The van der Waals surface area contributed by atoms with Crippen molar-refractivity contribution in [3.05, 3.63) is 60.2 Å². The molecule has 29 heavy (non-hydrogen) atoms. The lowest BCUT2D eigenvalue weighted by atomic mass is 10.1. The van der Waals surface area contributed by atoms with Crippen LogP contribution in [0.2, 0.25) is 0 Å². The van der Waals surface area contributed by atoms with Crippen molar-refractivity contribution >= 4 is 35.2 Å². The molecule has 0 bridgehead atoms. The lowest BCUT2D eigenvalue weighted by Gasteiger charge is -2.10. The van der Waals surface area contributed by atoms with Crippen LogP contribution in [0.1, 0.15) is 12.0 Å². The number of hydrogen-bond acceptors (Lipinski definition) is 6. The number of nitrogens with zero attached hydrogens (tertiary/aromatic N) is 1. The van der Waals surface area contributed by atoms with Gasteiger partial charge in [0, 0.05) is 11.4 Å². The number of carbonyl (C=O) groups excluding carboxylic acids is 3. The van der Waals surface area contributed by atoms with E-state index in [0.717, 1.165) is 10.5 Å². The van der Waals surface area contributed by atoms with Crippen LogP contribution in [0, 0.1) is 11.3 Å². The summed E-state index contributed by atoms with van der Waals surface area (Å²) in [5, 5.41) is 14.0. The molecule has 2 aromatic carbocycles. The number of amides is 2.